The van der Waals surface area contributed by atoms with Crippen LogP contribution in [0.2, 0.25) is 0 Å². The number of aromatic nitrogens is 2. The van der Waals surface area contributed by atoms with Gasteiger partial charge in [0.1, 0.15) is 12.0 Å². The topological polar surface area (TPSA) is 42.9 Å². The molecular formula is C7H6F2N2O. The maximum absolute atomic E-state index is 12.1. The smallest absolute Gasteiger partial charge is 0.281 e. The number of ketones is 1. The molecule has 0 spiro atoms. The van der Waals surface area contributed by atoms with Crippen LogP contribution in [0.25, 0.3) is 0 Å². The van der Waals surface area contributed by atoms with Crippen molar-refractivity contribution in [1.82, 2.24) is 9.97 Å². The fourth-order valence-electron chi connectivity index (χ4n) is 0.784. The zero-order valence-electron chi connectivity index (χ0n) is 6.29. The number of hydrogen-bond acceptors (Lipinski definition) is 3. The highest BCUT2D eigenvalue weighted by atomic mass is 19.3. The average molecular weight is 172 g/mol. The normalized spacial score (nSPS) is 10.3. The van der Waals surface area contributed by atoms with Crippen LogP contribution in [-0.4, -0.2) is 15.8 Å². The van der Waals surface area contributed by atoms with Crippen molar-refractivity contribution in [2.24, 2.45) is 0 Å². The fraction of sp³-hybridized carbons (Fsp3) is 0.286. The van der Waals surface area contributed by atoms with E-state index in [-0.39, 0.29) is 5.56 Å². The van der Waals surface area contributed by atoms with Crippen LogP contribution in [0.15, 0.2) is 12.5 Å². The van der Waals surface area contributed by atoms with Crippen molar-refractivity contribution < 1.29 is 13.6 Å². The lowest BCUT2D eigenvalue weighted by atomic mass is 10.2. The highest BCUT2D eigenvalue weighted by Gasteiger charge is 2.16. The van der Waals surface area contributed by atoms with Gasteiger partial charge in [-0.2, -0.15) is 0 Å². The molecule has 0 amide bonds. The summed E-state index contributed by atoms with van der Waals surface area (Å²) in [6.07, 6.45) is -0.642. The maximum atomic E-state index is 12.1. The Labute approximate surface area is 67.5 Å². The quantitative estimate of drug-likeness (QED) is 0.636. The molecule has 0 radical (unpaired) electrons. The highest BCUT2D eigenvalue weighted by Crippen LogP contribution is 2.19. The number of rotatable bonds is 2. The van der Waals surface area contributed by atoms with E-state index in [2.05, 4.69) is 9.97 Å². The standard InChI is InChI=1S/C7H6F2N2O/c1-4(12)5-2-10-3-11-6(5)7(8)9/h2-3,7H,1H3. The van der Waals surface area contributed by atoms with Crippen LogP contribution in [-0.2, 0) is 0 Å². The Balaban J connectivity index is 3.17. The molecular weight excluding hydrogens is 166 g/mol. The zero-order chi connectivity index (χ0) is 9.14. The van der Waals surface area contributed by atoms with Crippen molar-refractivity contribution in [2.75, 3.05) is 0 Å². The summed E-state index contributed by atoms with van der Waals surface area (Å²) in [6, 6.07) is 0. The third-order valence-electron chi connectivity index (χ3n) is 1.33. The van der Waals surface area contributed by atoms with Gasteiger partial charge in [-0.1, -0.05) is 0 Å². The van der Waals surface area contributed by atoms with Gasteiger partial charge in [-0.3, -0.25) is 4.79 Å². The van der Waals surface area contributed by atoms with Crippen molar-refractivity contribution in [3.8, 4) is 0 Å². The van der Waals surface area contributed by atoms with Crippen LogP contribution in [0.3, 0.4) is 0 Å². The largest absolute Gasteiger partial charge is 0.294 e. The van der Waals surface area contributed by atoms with E-state index in [1.165, 1.54) is 6.92 Å². The van der Waals surface area contributed by atoms with Gasteiger partial charge in [0.15, 0.2) is 5.78 Å². The Bertz CT molecular complexity index is 301. The van der Waals surface area contributed by atoms with Gasteiger partial charge in [0.05, 0.1) is 5.56 Å². The average Bonchev–Trinajstić information content (AvgIpc) is 2.04. The summed E-state index contributed by atoms with van der Waals surface area (Å²) in [5.74, 6) is -0.453. The molecule has 64 valence electrons. The molecule has 0 bridgehead atoms. The van der Waals surface area contributed by atoms with E-state index in [9.17, 15) is 13.6 Å². The fourth-order valence-corrected chi connectivity index (χ4v) is 0.784. The van der Waals surface area contributed by atoms with Gasteiger partial charge in [0.2, 0.25) is 0 Å². The molecule has 0 saturated carbocycles. The molecule has 1 heterocycles. The summed E-state index contributed by atoms with van der Waals surface area (Å²) in [5, 5.41) is 0. The Hall–Kier alpha value is -1.39. The van der Waals surface area contributed by atoms with Gasteiger partial charge in [0, 0.05) is 6.20 Å². The SMILES string of the molecule is CC(=O)c1cncnc1C(F)F. The molecule has 0 aliphatic carbocycles. The summed E-state index contributed by atoms with van der Waals surface area (Å²) in [6.45, 7) is 1.20. The molecule has 0 saturated heterocycles. The Morgan fingerprint density at radius 1 is 1.58 bits per heavy atom. The first kappa shape index (κ1) is 8.70. The van der Waals surface area contributed by atoms with E-state index in [1.807, 2.05) is 0 Å². The molecule has 0 unspecified atom stereocenters. The molecule has 0 aromatic carbocycles. The maximum Gasteiger partial charge on any atom is 0.281 e. The number of nitrogens with zero attached hydrogens (tertiary/aromatic N) is 2. The Morgan fingerprint density at radius 2 is 2.25 bits per heavy atom. The van der Waals surface area contributed by atoms with E-state index in [4.69, 9.17) is 0 Å². The number of alkyl halides is 2. The van der Waals surface area contributed by atoms with Gasteiger partial charge in [-0.25, -0.2) is 18.7 Å². The molecule has 1 aromatic rings. The number of halogens is 2. The van der Waals surface area contributed by atoms with E-state index in [0.29, 0.717) is 0 Å². The molecule has 0 aliphatic heterocycles. The summed E-state index contributed by atoms with van der Waals surface area (Å²) in [5.41, 5.74) is -0.620. The molecule has 12 heavy (non-hydrogen) atoms. The predicted molar refractivity (Wildman–Crippen MR) is 37.0 cm³/mol. The first-order valence-corrected chi connectivity index (χ1v) is 3.22. The van der Waals surface area contributed by atoms with Gasteiger partial charge >= 0.3 is 0 Å². The summed E-state index contributed by atoms with van der Waals surface area (Å²) >= 11 is 0. The monoisotopic (exact) mass is 172 g/mol. The van der Waals surface area contributed by atoms with Crippen molar-refractivity contribution in [3.63, 3.8) is 0 Å². The van der Waals surface area contributed by atoms with E-state index >= 15 is 0 Å². The molecule has 5 heteroatoms. The first-order valence-electron chi connectivity index (χ1n) is 3.22. The lowest BCUT2D eigenvalue weighted by Crippen LogP contribution is -2.03. The highest BCUT2D eigenvalue weighted by molar-refractivity contribution is 5.94. The van der Waals surface area contributed by atoms with Gasteiger partial charge in [0.25, 0.3) is 6.43 Å². The second-order valence-corrected chi connectivity index (χ2v) is 2.18. The first-order chi connectivity index (χ1) is 5.63. The number of carbonyl (C=O) groups excluding carboxylic acids is 1. The van der Waals surface area contributed by atoms with Crippen LogP contribution in [0, 0.1) is 0 Å². The Kier molecular flexibility index (Phi) is 2.42. The summed E-state index contributed by atoms with van der Waals surface area (Å²) in [4.78, 5) is 17.6. The molecule has 1 rings (SSSR count). The third kappa shape index (κ3) is 1.61. The predicted octanol–water partition coefficient (Wildman–Crippen LogP) is 1.62. The second-order valence-electron chi connectivity index (χ2n) is 2.18. The van der Waals surface area contributed by atoms with Gasteiger partial charge in [-0.15, -0.1) is 0 Å². The van der Waals surface area contributed by atoms with Gasteiger partial charge in [-0.05, 0) is 6.92 Å². The molecule has 0 aliphatic rings. The molecule has 0 N–H and O–H groups in total. The van der Waals surface area contributed by atoms with Crippen LogP contribution in [0.1, 0.15) is 29.4 Å². The minimum Gasteiger partial charge on any atom is -0.294 e. The van der Waals surface area contributed by atoms with Crippen molar-refractivity contribution in [3.05, 3.63) is 23.8 Å². The second kappa shape index (κ2) is 3.34. The van der Waals surface area contributed by atoms with E-state index in [1.54, 1.807) is 0 Å². The van der Waals surface area contributed by atoms with Gasteiger partial charge < -0.3 is 0 Å². The van der Waals surface area contributed by atoms with Crippen molar-refractivity contribution >= 4 is 5.78 Å². The summed E-state index contributed by atoms with van der Waals surface area (Å²) in [7, 11) is 0. The van der Waals surface area contributed by atoms with Crippen LogP contribution in [0.4, 0.5) is 8.78 Å². The molecule has 0 atom stereocenters. The van der Waals surface area contributed by atoms with Crippen LogP contribution < -0.4 is 0 Å². The van der Waals surface area contributed by atoms with Crippen LogP contribution >= 0.6 is 0 Å². The van der Waals surface area contributed by atoms with Crippen molar-refractivity contribution in [1.29, 1.82) is 0 Å². The minimum atomic E-state index is -2.73. The van der Waals surface area contributed by atoms with Crippen molar-refractivity contribution in [2.45, 2.75) is 13.3 Å². The van der Waals surface area contributed by atoms with Crippen LogP contribution in [0.5, 0.6) is 0 Å². The zero-order valence-corrected chi connectivity index (χ0v) is 6.29. The molecule has 3 nitrogen and oxygen atoms in total. The lowest BCUT2D eigenvalue weighted by molar-refractivity contribution is 0.0995. The molecule has 0 fully saturated rings. The number of hydrogen-bond donors (Lipinski definition) is 0. The number of Topliss-reactive ketones (excluding diaryl/α,β-unsaturated/α-hetero) is 1. The minimum absolute atomic E-state index is 0.118. The number of carbonyl (C=O) groups is 1. The molecule has 1 aromatic heterocycles. The summed E-state index contributed by atoms with van der Waals surface area (Å²) < 4.78 is 24.3. The van der Waals surface area contributed by atoms with E-state index in [0.717, 1.165) is 12.5 Å². The third-order valence-corrected chi connectivity index (χ3v) is 1.33. The Morgan fingerprint density at radius 3 is 2.67 bits per heavy atom. The lowest BCUT2D eigenvalue weighted by Gasteiger charge is -2.01. The van der Waals surface area contributed by atoms with E-state index < -0.39 is 17.9 Å².